The molecule has 2 aromatic rings. The fraction of sp³-hybridized carbons (Fsp3) is 0.839. The van der Waals surface area contributed by atoms with Crippen LogP contribution in [0.2, 0.25) is 0 Å². The highest BCUT2D eigenvalue weighted by Gasteiger charge is 2.59. The van der Waals surface area contributed by atoms with Gasteiger partial charge in [0.1, 0.15) is 195 Å². The van der Waals surface area contributed by atoms with E-state index >= 15 is 0 Å². The summed E-state index contributed by atoms with van der Waals surface area (Å²) in [5, 5.41) is 280. The Morgan fingerprint density at radius 3 is 0.663 bits per heavy atom. The normalized spacial score (nSPS) is 47.6. The van der Waals surface area contributed by atoms with E-state index in [2.05, 4.69) is 0 Å². The fourth-order valence-electron chi connectivity index (χ4n) is 13.8. The lowest BCUT2D eigenvalue weighted by atomic mass is 9.95. The Morgan fingerprint density at radius 2 is 0.433 bits per heavy atom. The lowest BCUT2D eigenvalue weighted by Crippen LogP contribution is -2.67. The van der Waals surface area contributed by atoms with Gasteiger partial charge in [0.25, 0.3) is 0 Å². The first kappa shape index (κ1) is 83.5. The number of benzene rings is 2. The van der Waals surface area contributed by atoms with Crippen molar-refractivity contribution in [2.45, 2.75) is 258 Å². The molecule has 0 unspecified atom stereocenters. The summed E-state index contributed by atoms with van der Waals surface area (Å²) in [7, 11) is 0. The van der Waals surface area contributed by atoms with Gasteiger partial charge in [-0.1, -0.05) is 36.4 Å². The topological polar surface area (TPSA) is 674 Å². The van der Waals surface area contributed by atoms with Crippen LogP contribution in [0.1, 0.15) is 11.1 Å². The summed E-state index contributed by atoms with van der Waals surface area (Å²) < 4.78 is 91.0. The molecule has 0 radical (unpaired) electrons. The highest BCUT2D eigenvalue weighted by atomic mass is 16.8. The maximum Gasteiger partial charge on any atom is 0.187 e. The van der Waals surface area contributed by atoms with Gasteiger partial charge in [0.15, 0.2) is 50.3 Å². The van der Waals surface area contributed by atoms with E-state index in [0.29, 0.717) is 11.1 Å². The van der Waals surface area contributed by atoms with Gasteiger partial charge in [0, 0.05) is 0 Å². The summed E-state index contributed by atoms with van der Waals surface area (Å²) in [6, 6.07) is 10.7. The zero-order valence-corrected chi connectivity index (χ0v) is 55.2. The molecule has 26 N–H and O–H groups in total. The Hall–Kier alpha value is -2.98. The summed E-state index contributed by atoms with van der Waals surface area (Å²) in [6.45, 7) is -7.70. The van der Waals surface area contributed by atoms with Gasteiger partial charge < -0.3 is 209 Å². The summed E-state index contributed by atoms with van der Waals surface area (Å²) in [6.07, 6.45) is -73.2. The minimum absolute atomic E-state index is 0.134. The van der Waals surface area contributed by atoms with E-state index in [4.69, 9.17) is 75.8 Å². The van der Waals surface area contributed by atoms with Crippen molar-refractivity contribution in [3.63, 3.8) is 0 Å². The van der Waals surface area contributed by atoms with E-state index in [0.717, 1.165) is 10.8 Å². The zero-order chi connectivity index (χ0) is 75.4. The van der Waals surface area contributed by atoms with Gasteiger partial charge >= 0.3 is 0 Å². The minimum atomic E-state index is -2.13. The summed E-state index contributed by atoms with van der Waals surface area (Å²) in [5.41, 5.74) is 1.39. The third-order valence-electron chi connectivity index (χ3n) is 19.8. The number of fused-ring (bicyclic) bond motifs is 1. The molecule has 8 aliphatic rings. The molecule has 10 rings (SSSR count). The van der Waals surface area contributed by atoms with Gasteiger partial charge in [-0.05, 0) is 34.7 Å². The van der Waals surface area contributed by atoms with Gasteiger partial charge in [-0.2, -0.15) is 0 Å². The number of aliphatic hydroxyl groups excluding tert-OH is 26. The van der Waals surface area contributed by atoms with Crippen molar-refractivity contribution in [2.75, 3.05) is 66.1 Å². The molecule has 42 heteroatoms. The van der Waals surface area contributed by atoms with Crippen LogP contribution in [0.4, 0.5) is 0 Å². The molecular formula is C62H96O42. The molecule has 42 nitrogen and oxygen atoms in total. The first-order valence-corrected chi connectivity index (χ1v) is 33.7. The Balaban J connectivity index is 0.695. The average Bonchev–Trinajstić information content (AvgIpc) is 0.791. The van der Waals surface area contributed by atoms with Crippen LogP contribution in [0, 0.1) is 0 Å². The van der Waals surface area contributed by atoms with Crippen LogP contribution in [-0.4, -0.2) is 444 Å². The van der Waals surface area contributed by atoms with Crippen molar-refractivity contribution in [3.8, 4) is 0 Å². The maximum absolute atomic E-state index is 11.4. The number of aliphatic hydroxyl groups is 26. The molecule has 8 heterocycles. The number of ether oxygens (including phenoxy) is 16. The van der Waals surface area contributed by atoms with Crippen molar-refractivity contribution in [2.24, 2.45) is 0 Å². The third-order valence-corrected chi connectivity index (χ3v) is 19.8. The van der Waals surface area contributed by atoms with Crippen molar-refractivity contribution in [3.05, 3.63) is 47.5 Å². The average molecular weight is 1510 g/mol. The number of rotatable bonds is 28. The molecule has 8 aliphatic heterocycles. The first-order valence-electron chi connectivity index (χ1n) is 33.7. The van der Waals surface area contributed by atoms with E-state index < -0.39 is 299 Å². The molecule has 8 saturated heterocycles. The van der Waals surface area contributed by atoms with Crippen LogP contribution >= 0.6 is 0 Å². The molecule has 0 spiro atoms. The van der Waals surface area contributed by atoms with Crippen molar-refractivity contribution >= 4 is 10.8 Å². The van der Waals surface area contributed by atoms with Crippen molar-refractivity contribution in [1.29, 1.82) is 0 Å². The summed E-state index contributed by atoms with van der Waals surface area (Å²) in [4.78, 5) is 0. The molecule has 0 amide bonds. The minimum Gasteiger partial charge on any atom is -0.394 e. The zero-order valence-electron chi connectivity index (χ0n) is 55.2. The van der Waals surface area contributed by atoms with Crippen LogP contribution in [0.15, 0.2) is 36.4 Å². The van der Waals surface area contributed by atoms with Gasteiger partial charge in [0.2, 0.25) is 0 Å². The Labute approximate surface area is 590 Å². The highest BCUT2D eigenvalue weighted by molar-refractivity contribution is 5.89. The van der Waals surface area contributed by atoms with Gasteiger partial charge in [-0.3, -0.25) is 0 Å². The van der Waals surface area contributed by atoms with Crippen LogP contribution in [0.5, 0.6) is 0 Å². The number of hydrogen-bond donors (Lipinski definition) is 26. The van der Waals surface area contributed by atoms with Crippen LogP contribution in [-0.2, 0) is 88.6 Å². The van der Waals surface area contributed by atoms with Crippen LogP contribution in [0.3, 0.4) is 0 Å². The largest absolute Gasteiger partial charge is 0.394 e. The monoisotopic (exact) mass is 1510 g/mol. The lowest BCUT2D eigenvalue weighted by Gasteiger charge is -2.49. The maximum atomic E-state index is 11.4. The van der Waals surface area contributed by atoms with Gasteiger partial charge in [-0.15, -0.1) is 0 Å². The molecule has 0 saturated carbocycles. The van der Waals surface area contributed by atoms with E-state index in [1.54, 1.807) is 24.3 Å². The molecular weight excluding hydrogens is 1420 g/mol. The summed E-state index contributed by atoms with van der Waals surface area (Å²) >= 11 is 0. The summed E-state index contributed by atoms with van der Waals surface area (Å²) in [5.74, 6) is 0. The lowest BCUT2D eigenvalue weighted by molar-refractivity contribution is -0.388. The van der Waals surface area contributed by atoms with E-state index in [9.17, 15) is 133 Å². The molecule has 0 aromatic heterocycles. The molecule has 2 aromatic carbocycles. The quantitative estimate of drug-likeness (QED) is 0.0376. The molecule has 8 fully saturated rings. The SMILES string of the molecule is OC[C@H]1O[C@@H](O[C@H]2[C@H](O)[C@@H](O)[C@H](O[C@H]3[C@H](O)[C@@H](O)[C@H](O[C@H]4[C@H](O)[C@@H](O)[C@H](OCCc5cccc6cccc(CCO[C@@H]7O[C@H](CO)[C@@H](O[C@@H]8O[C@H](CO)[C@@H](O[C@@H]9O[C@H](CO)[C@@H](O[C@@H]%10O[C@H](CO)[C@@H](O)[C@H](O)[C@H]%10O)[C@H](O)[C@H]9O)[C@H](O)[C@H]8O)[C@H](O)[C@H]7O)c56)O[C@@H]4CO)O[C@@H]3CO)O[C@@H]2CO)[C@H](O)[C@@H](O)[C@@H]1O. The molecule has 0 aliphatic carbocycles. The Kier molecular flexibility index (Phi) is 29.6. The number of hydrogen-bond acceptors (Lipinski definition) is 42. The van der Waals surface area contributed by atoms with E-state index in [-0.39, 0.29) is 26.1 Å². The van der Waals surface area contributed by atoms with Gasteiger partial charge in [0.05, 0.1) is 66.1 Å². The second-order valence-electron chi connectivity index (χ2n) is 26.4. The van der Waals surface area contributed by atoms with E-state index in [1.165, 1.54) is 0 Å². The highest BCUT2D eigenvalue weighted by Crippen LogP contribution is 2.39. The third kappa shape index (κ3) is 17.5. The smallest absolute Gasteiger partial charge is 0.187 e. The molecule has 0 bridgehead atoms. The van der Waals surface area contributed by atoms with Gasteiger partial charge in [-0.25, -0.2) is 0 Å². The molecule has 40 atom stereocenters. The van der Waals surface area contributed by atoms with Crippen LogP contribution < -0.4 is 0 Å². The van der Waals surface area contributed by atoms with E-state index in [1.807, 2.05) is 12.1 Å². The van der Waals surface area contributed by atoms with Crippen molar-refractivity contribution in [1.82, 2.24) is 0 Å². The standard InChI is InChI=1S/C62H96O42/c63-11-22-31(71)33(73)41(81)57(91-22)99-51-26(15-67)95-61(45(85)37(51)77)103-53-28(17-69)97-59(47(87)39(53)79)101-49-24(13-65)93-55(43(83)35(49)75)89-9-7-20-5-1-3-19-4-2-6-21(30(19)20)8-10-90-56-44(84)36(76)50(25(14-66)94-56)102-60-48(88)40(80)54(29(18-70)98-60)104-62-46(86)38(78)52(27(16-68)96-62)100-58-42(82)34(74)32(72)23(12-64)92-58/h1-6,22-29,31-88H,7-18H2/t22-,23-,24-,25-,26-,27-,28-,29-,31-,32-,33+,34+,35-,36-,37-,38-,39-,40-,41-,42-,43-,44-,45-,46-,47-,48-,49-,50-,51-,52-,53-,54-,55-,56-,57+,58+,59+,60+,61+,62+/m1/s1. The Morgan fingerprint density at radius 1 is 0.231 bits per heavy atom. The first-order chi connectivity index (χ1) is 49.7. The second kappa shape index (κ2) is 36.9. The predicted molar refractivity (Wildman–Crippen MR) is 327 cm³/mol. The second-order valence-corrected chi connectivity index (χ2v) is 26.4. The fourth-order valence-corrected chi connectivity index (χ4v) is 13.8. The molecule has 596 valence electrons. The van der Waals surface area contributed by atoms with Crippen molar-refractivity contribution < 1.29 is 209 Å². The molecule has 104 heavy (non-hydrogen) atoms. The Bertz CT molecular complexity index is 2740. The van der Waals surface area contributed by atoms with Crippen LogP contribution in [0.25, 0.3) is 10.8 Å². The predicted octanol–water partition coefficient (Wildman–Crippen LogP) is -15.5.